The number of carbonyl (C=O) groups excluding carboxylic acids is 1. The van der Waals surface area contributed by atoms with E-state index in [1.807, 2.05) is 14.1 Å². The molecule has 1 saturated heterocycles. The number of hydrogen-bond donors (Lipinski definition) is 0. The van der Waals surface area contributed by atoms with Crippen LogP contribution in [-0.4, -0.2) is 55.9 Å². The Labute approximate surface area is 93.4 Å². The van der Waals surface area contributed by atoms with E-state index in [0.717, 1.165) is 19.5 Å². The number of Topliss-reactive ketones (excluding diaryl/α,β-unsaturated/α-hetero) is 1. The number of nitrogens with zero attached hydrogens (tertiary/aromatic N) is 2. The molecule has 0 spiro atoms. The molecular formula is C12H24N2O. The minimum atomic E-state index is -0.189. The van der Waals surface area contributed by atoms with Crippen molar-refractivity contribution < 1.29 is 4.79 Å². The molecule has 1 rings (SSSR count). The predicted molar refractivity (Wildman–Crippen MR) is 63.0 cm³/mol. The molecule has 1 aliphatic rings. The van der Waals surface area contributed by atoms with E-state index in [1.165, 1.54) is 0 Å². The second kappa shape index (κ2) is 4.62. The molecule has 1 aliphatic heterocycles. The maximum atomic E-state index is 12.1. The van der Waals surface area contributed by atoms with Gasteiger partial charge in [-0.05, 0) is 34.5 Å². The summed E-state index contributed by atoms with van der Waals surface area (Å²) in [4.78, 5) is 16.6. The van der Waals surface area contributed by atoms with Crippen molar-refractivity contribution >= 4 is 5.78 Å². The van der Waals surface area contributed by atoms with Crippen LogP contribution in [0.3, 0.4) is 0 Å². The summed E-state index contributed by atoms with van der Waals surface area (Å²) in [6, 6.07) is 0.390. The normalized spacial score (nSPS) is 33.7. The maximum Gasteiger partial charge on any atom is 0.142 e. The first-order chi connectivity index (χ1) is 6.91. The molecule has 0 aliphatic carbocycles. The van der Waals surface area contributed by atoms with Crippen LogP contribution in [0.2, 0.25) is 0 Å². The zero-order chi connectivity index (χ0) is 11.6. The van der Waals surface area contributed by atoms with Crippen molar-refractivity contribution in [3.8, 4) is 0 Å². The molecule has 3 nitrogen and oxygen atoms in total. The molecule has 0 aromatic carbocycles. The molecule has 0 saturated carbocycles. The molecular weight excluding hydrogens is 188 g/mol. The summed E-state index contributed by atoms with van der Waals surface area (Å²) in [5, 5.41) is 0. The summed E-state index contributed by atoms with van der Waals surface area (Å²) in [5.41, 5.74) is -0.189. The lowest BCUT2D eigenvalue weighted by atomic mass is 9.72. The van der Waals surface area contributed by atoms with Gasteiger partial charge in [0.1, 0.15) is 5.78 Å². The smallest absolute Gasteiger partial charge is 0.142 e. The van der Waals surface area contributed by atoms with E-state index in [2.05, 4.69) is 30.7 Å². The highest BCUT2D eigenvalue weighted by Gasteiger charge is 2.45. The number of likely N-dealkylation sites (tertiary alicyclic amines) is 1. The molecule has 0 aromatic heterocycles. The van der Waals surface area contributed by atoms with Gasteiger partial charge in [0.05, 0.1) is 5.41 Å². The van der Waals surface area contributed by atoms with Crippen molar-refractivity contribution in [2.75, 3.05) is 34.2 Å². The monoisotopic (exact) mass is 212 g/mol. The third-order valence-corrected chi connectivity index (χ3v) is 3.63. The van der Waals surface area contributed by atoms with Gasteiger partial charge in [-0.2, -0.15) is 0 Å². The van der Waals surface area contributed by atoms with E-state index < -0.39 is 0 Å². The highest BCUT2D eigenvalue weighted by atomic mass is 16.1. The SMILES string of the molecule is CCC1N(C)CCC(=O)C1(C)CN(C)C. The summed E-state index contributed by atoms with van der Waals surface area (Å²) in [6.07, 6.45) is 1.75. The fraction of sp³-hybridized carbons (Fsp3) is 0.917. The Kier molecular flexibility index (Phi) is 3.90. The van der Waals surface area contributed by atoms with E-state index in [0.29, 0.717) is 18.2 Å². The van der Waals surface area contributed by atoms with Gasteiger partial charge in [-0.1, -0.05) is 6.92 Å². The second-order valence-electron chi connectivity index (χ2n) is 5.23. The van der Waals surface area contributed by atoms with Crippen LogP contribution in [0.5, 0.6) is 0 Å². The first kappa shape index (κ1) is 12.7. The van der Waals surface area contributed by atoms with Gasteiger partial charge in [0.2, 0.25) is 0 Å². The zero-order valence-electron chi connectivity index (χ0n) is 10.7. The molecule has 3 heteroatoms. The maximum absolute atomic E-state index is 12.1. The van der Waals surface area contributed by atoms with Crippen LogP contribution in [0.15, 0.2) is 0 Å². The van der Waals surface area contributed by atoms with Crippen LogP contribution in [0.1, 0.15) is 26.7 Å². The molecule has 0 N–H and O–H groups in total. The summed E-state index contributed by atoms with van der Waals surface area (Å²) in [6.45, 7) is 6.07. The molecule has 0 amide bonds. The number of rotatable bonds is 3. The minimum Gasteiger partial charge on any atom is -0.308 e. The highest BCUT2D eigenvalue weighted by molar-refractivity contribution is 5.86. The minimum absolute atomic E-state index is 0.189. The second-order valence-corrected chi connectivity index (χ2v) is 5.23. The van der Waals surface area contributed by atoms with Gasteiger partial charge in [0, 0.05) is 25.6 Å². The third-order valence-electron chi connectivity index (χ3n) is 3.63. The fourth-order valence-electron chi connectivity index (χ4n) is 3.00. The van der Waals surface area contributed by atoms with Gasteiger partial charge in [-0.25, -0.2) is 0 Å². The lowest BCUT2D eigenvalue weighted by Crippen LogP contribution is -2.57. The Balaban J connectivity index is 2.91. The average Bonchev–Trinajstić information content (AvgIpc) is 2.12. The summed E-state index contributed by atoms with van der Waals surface area (Å²) >= 11 is 0. The summed E-state index contributed by atoms with van der Waals surface area (Å²) in [5.74, 6) is 0.432. The molecule has 1 fully saturated rings. The summed E-state index contributed by atoms with van der Waals surface area (Å²) in [7, 11) is 6.22. The Morgan fingerprint density at radius 1 is 1.53 bits per heavy atom. The lowest BCUT2D eigenvalue weighted by Gasteiger charge is -2.46. The van der Waals surface area contributed by atoms with Gasteiger partial charge in [0.15, 0.2) is 0 Å². The van der Waals surface area contributed by atoms with Crippen molar-refractivity contribution in [1.29, 1.82) is 0 Å². The third kappa shape index (κ3) is 2.40. The molecule has 2 atom stereocenters. The van der Waals surface area contributed by atoms with Crippen molar-refractivity contribution in [3.05, 3.63) is 0 Å². The van der Waals surface area contributed by atoms with Crippen LogP contribution in [0.4, 0.5) is 0 Å². The number of piperidine rings is 1. The highest BCUT2D eigenvalue weighted by Crippen LogP contribution is 2.34. The average molecular weight is 212 g/mol. The van der Waals surface area contributed by atoms with E-state index >= 15 is 0 Å². The quantitative estimate of drug-likeness (QED) is 0.703. The Morgan fingerprint density at radius 2 is 2.13 bits per heavy atom. The van der Waals surface area contributed by atoms with Crippen molar-refractivity contribution in [1.82, 2.24) is 9.80 Å². The molecule has 15 heavy (non-hydrogen) atoms. The molecule has 0 aromatic rings. The number of carbonyl (C=O) groups is 1. The Morgan fingerprint density at radius 3 is 2.60 bits per heavy atom. The predicted octanol–water partition coefficient (Wildman–Crippen LogP) is 1.24. The van der Waals surface area contributed by atoms with E-state index in [9.17, 15) is 4.79 Å². The fourth-order valence-corrected chi connectivity index (χ4v) is 3.00. The van der Waals surface area contributed by atoms with Crippen molar-refractivity contribution in [2.45, 2.75) is 32.7 Å². The van der Waals surface area contributed by atoms with Crippen LogP contribution in [-0.2, 0) is 4.79 Å². The molecule has 0 radical (unpaired) electrons. The molecule has 0 bridgehead atoms. The number of hydrogen-bond acceptors (Lipinski definition) is 3. The van der Waals surface area contributed by atoms with Crippen LogP contribution in [0, 0.1) is 5.41 Å². The lowest BCUT2D eigenvalue weighted by molar-refractivity contribution is -0.137. The topological polar surface area (TPSA) is 23.6 Å². The molecule has 1 heterocycles. The van der Waals surface area contributed by atoms with Gasteiger partial charge in [0.25, 0.3) is 0 Å². The standard InChI is InChI=1S/C12H24N2O/c1-6-10-12(2,9-13(3)4)11(15)7-8-14(10)5/h10H,6-9H2,1-5H3. The molecule has 2 unspecified atom stereocenters. The van der Waals surface area contributed by atoms with E-state index in [-0.39, 0.29) is 5.41 Å². The van der Waals surface area contributed by atoms with Crippen LogP contribution >= 0.6 is 0 Å². The van der Waals surface area contributed by atoms with Gasteiger partial charge < -0.3 is 9.80 Å². The number of ketones is 1. The van der Waals surface area contributed by atoms with Crippen molar-refractivity contribution in [2.24, 2.45) is 5.41 Å². The van der Waals surface area contributed by atoms with Crippen LogP contribution in [0.25, 0.3) is 0 Å². The van der Waals surface area contributed by atoms with E-state index in [4.69, 9.17) is 0 Å². The van der Waals surface area contributed by atoms with E-state index in [1.54, 1.807) is 0 Å². The Bertz CT molecular complexity index is 240. The zero-order valence-corrected chi connectivity index (χ0v) is 10.7. The van der Waals surface area contributed by atoms with Gasteiger partial charge in [-0.3, -0.25) is 4.79 Å². The van der Waals surface area contributed by atoms with Gasteiger partial charge >= 0.3 is 0 Å². The Hall–Kier alpha value is -0.410. The summed E-state index contributed by atoms with van der Waals surface area (Å²) < 4.78 is 0. The van der Waals surface area contributed by atoms with Crippen LogP contribution < -0.4 is 0 Å². The van der Waals surface area contributed by atoms with Crippen molar-refractivity contribution in [3.63, 3.8) is 0 Å². The molecule has 88 valence electrons. The van der Waals surface area contributed by atoms with Gasteiger partial charge in [-0.15, -0.1) is 0 Å². The first-order valence-corrected chi connectivity index (χ1v) is 5.80. The largest absolute Gasteiger partial charge is 0.308 e. The first-order valence-electron chi connectivity index (χ1n) is 5.80.